The Morgan fingerprint density at radius 2 is 1.95 bits per heavy atom. The number of esters is 2. The number of hydrogen-bond acceptors (Lipinski definition) is 6. The summed E-state index contributed by atoms with van der Waals surface area (Å²) in [5, 5.41) is 0. The number of rotatable bonds is 8. The zero-order valence-electron chi connectivity index (χ0n) is 12.3. The Hall–Kier alpha value is -2.15. The maximum Gasteiger partial charge on any atom is 0.328 e. The molecule has 0 aliphatic heterocycles. The molecule has 0 saturated heterocycles. The lowest BCUT2D eigenvalue weighted by atomic mass is 10.1. The van der Waals surface area contributed by atoms with Gasteiger partial charge in [-0.05, 0) is 18.6 Å². The summed E-state index contributed by atoms with van der Waals surface area (Å²) in [6.07, 6.45) is 0.859. The predicted molar refractivity (Wildman–Crippen MR) is 72.8 cm³/mol. The fourth-order valence-electron chi connectivity index (χ4n) is 2.09. The van der Waals surface area contributed by atoms with Crippen molar-refractivity contribution in [2.45, 2.75) is 25.5 Å². The van der Waals surface area contributed by atoms with E-state index in [1.165, 1.54) is 25.9 Å². The average Bonchev–Trinajstić information content (AvgIpc) is 2.90. The van der Waals surface area contributed by atoms with E-state index in [4.69, 9.17) is 9.47 Å². The molecule has 21 heavy (non-hydrogen) atoms. The van der Waals surface area contributed by atoms with Crippen molar-refractivity contribution in [3.63, 3.8) is 0 Å². The van der Waals surface area contributed by atoms with Crippen LogP contribution in [-0.2, 0) is 30.4 Å². The van der Waals surface area contributed by atoms with Gasteiger partial charge in [0.1, 0.15) is 6.04 Å². The minimum absolute atomic E-state index is 0.0408. The van der Waals surface area contributed by atoms with Gasteiger partial charge >= 0.3 is 11.9 Å². The number of aldehydes is 1. The third kappa shape index (κ3) is 4.16. The van der Waals surface area contributed by atoms with Gasteiger partial charge in [-0.15, -0.1) is 0 Å². The van der Waals surface area contributed by atoms with E-state index in [0.717, 1.165) is 0 Å². The molecule has 0 N–H and O–H groups in total. The molecule has 0 aliphatic rings. The number of hydrogen-bond donors (Lipinski definition) is 0. The van der Waals surface area contributed by atoms with E-state index in [-0.39, 0.29) is 19.4 Å². The average molecular weight is 297 g/mol. The Morgan fingerprint density at radius 3 is 2.48 bits per heavy atom. The SMILES string of the molecule is COCc1ccc(C=O)n1C(CCC(=O)OC)C(=O)OC. The molecule has 0 aromatic carbocycles. The van der Waals surface area contributed by atoms with Gasteiger partial charge in [0.25, 0.3) is 0 Å². The number of nitrogens with zero attached hydrogens (tertiary/aromatic N) is 1. The summed E-state index contributed by atoms with van der Waals surface area (Å²) >= 11 is 0. The molecule has 7 nitrogen and oxygen atoms in total. The van der Waals surface area contributed by atoms with Crippen molar-refractivity contribution in [3.8, 4) is 0 Å². The third-order valence-corrected chi connectivity index (χ3v) is 3.08. The number of carbonyl (C=O) groups is 3. The van der Waals surface area contributed by atoms with Crippen LogP contribution in [0.1, 0.15) is 35.1 Å². The lowest BCUT2D eigenvalue weighted by Crippen LogP contribution is -2.25. The monoisotopic (exact) mass is 297 g/mol. The lowest BCUT2D eigenvalue weighted by molar-refractivity contribution is -0.146. The first kappa shape index (κ1) is 16.9. The zero-order valence-corrected chi connectivity index (χ0v) is 12.3. The van der Waals surface area contributed by atoms with Crippen LogP contribution in [0.5, 0.6) is 0 Å². The van der Waals surface area contributed by atoms with Crippen LogP contribution in [0.3, 0.4) is 0 Å². The topological polar surface area (TPSA) is 83.8 Å². The normalized spacial score (nSPS) is 11.8. The second kappa shape index (κ2) is 8.21. The zero-order chi connectivity index (χ0) is 15.8. The standard InChI is InChI=1S/C14H19NO6/c1-19-9-11-5-4-10(8-16)15(11)12(14(18)21-3)6-7-13(17)20-2/h4-5,8,12H,6-7,9H2,1-3H3. The molecule has 0 radical (unpaired) electrons. The van der Waals surface area contributed by atoms with E-state index < -0.39 is 18.0 Å². The summed E-state index contributed by atoms with van der Waals surface area (Å²) in [6.45, 7) is 0.236. The number of aromatic nitrogens is 1. The van der Waals surface area contributed by atoms with Crippen LogP contribution in [0.4, 0.5) is 0 Å². The minimum Gasteiger partial charge on any atom is -0.469 e. The molecule has 0 bridgehead atoms. The van der Waals surface area contributed by atoms with E-state index in [0.29, 0.717) is 17.7 Å². The second-order valence-corrected chi connectivity index (χ2v) is 4.32. The molecular weight excluding hydrogens is 278 g/mol. The summed E-state index contributed by atoms with van der Waals surface area (Å²) in [6, 6.07) is 2.51. The van der Waals surface area contributed by atoms with Gasteiger partial charge < -0.3 is 18.8 Å². The Kier molecular flexibility index (Phi) is 6.61. The van der Waals surface area contributed by atoms with Crippen molar-refractivity contribution in [2.24, 2.45) is 0 Å². The maximum absolute atomic E-state index is 12.0. The van der Waals surface area contributed by atoms with Gasteiger partial charge in [0.2, 0.25) is 0 Å². The highest BCUT2D eigenvalue weighted by Gasteiger charge is 2.26. The molecule has 1 aromatic rings. The Balaban J connectivity index is 3.12. The van der Waals surface area contributed by atoms with Crippen molar-refractivity contribution in [2.75, 3.05) is 21.3 Å². The van der Waals surface area contributed by atoms with Crippen molar-refractivity contribution < 1.29 is 28.6 Å². The second-order valence-electron chi connectivity index (χ2n) is 4.32. The van der Waals surface area contributed by atoms with Crippen LogP contribution in [-0.4, -0.2) is 44.1 Å². The fourth-order valence-corrected chi connectivity index (χ4v) is 2.09. The molecule has 0 saturated carbocycles. The molecule has 1 atom stereocenters. The summed E-state index contributed by atoms with van der Waals surface area (Å²) in [4.78, 5) is 34.4. The molecule has 116 valence electrons. The Labute approximate surface area is 122 Å². The quantitative estimate of drug-likeness (QED) is 0.528. The maximum atomic E-state index is 12.0. The fraction of sp³-hybridized carbons (Fsp3) is 0.500. The molecule has 0 amide bonds. The molecule has 7 heteroatoms. The summed E-state index contributed by atoms with van der Waals surface area (Å²) < 4.78 is 15.9. The van der Waals surface area contributed by atoms with E-state index >= 15 is 0 Å². The molecule has 1 rings (SSSR count). The highest BCUT2D eigenvalue weighted by Crippen LogP contribution is 2.22. The van der Waals surface area contributed by atoms with E-state index in [1.807, 2.05) is 0 Å². The van der Waals surface area contributed by atoms with Gasteiger partial charge in [0, 0.05) is 19.2 Å². The lowest BCUT2D eigenvalue weighted by Gasteiger charge is -2.20. The first-order valence-electron chi connectivity index (χ1n) is 6.37. The van der Waals surface area contributed by atoms with Gasteiger partial charge in [-0.1, -0.05) is 0 Å². The molecule has 0 aliphatic carbocycles. The van der Waals surface area contributed by atoms with Crippen LogP contribution in [0, 0.1) is 0 Å². The molecule has 1 heterocycles. The van der Waals surface area contributed by atoms with Crippen LogP contribution >= 0.6 is 0 Å². The summed E-state index contributed by atoms with van der Waals surface area (Å²) in [7, 11) is 4.05. The van der Waals surface area contributed by atoms with Crippen LogP contribution in [0.2, 0.25) is 0 Å². The molecular formula is C14H19NO6. The third-order valence-electron chi connectivity index (χ3n) is 3.08. The van der Waals surface area contributed by atoms with Gasteiger partial charge in [-0.3, -0.25) is 9.59 Å². The largest absolute Gasteiger partial charge is 0.469 e. The highest BCUT2D eigenvalue weighted by atomic mass is 16.5. The highest BCUT2D eigenvalue weighted by molar-refractivity contribution is 5.79. The van der Waals surface area contributed by atoms with Gasteiger partial charge in [-0.25, -0.2) is 4.79 Å². The number of methoxy groups -OCH3 is 3. The van der Waals surface area contributed by atoms with Crippen molar-refractivity contribution in [3.05, 3.63) is 23.5 Å². The van der Waals surface area contributed by atoms with Crippen LogP contribution in [0.15, 0.2) is 12.1 Å². The molecule has 0 spiro atoms. The number of carbonyl (C=O) groups excluding carboxylic acids is 3. The first-order valence-corrected chi connectivity index (χ1v) is 6.37. The van der Waals surface area contributed by atoms with Crippen LogP contribution in [0.25, 0.3) is 0 Å². The molecule has 0 fully saturated rings. The minimum atomic E-state index is -0.783. The Bertz CT molecular complexity index is 508. The van der Waals surface area contributed by atoms with E-state index in [2.05, 4.69) is 4.74 Å². The number of ether oxygens (including phenoxy) is 3. The van der Waals surface area contributed by atoms with Crippen molar-refractivity contribution in [1.29, 1.82) is 0 Å². The van der Waals surface area contributed by atoms with Crippen molar-refractivity contribution >= 4 is 18.2 Å². The van der Waals surface area contributed by atoms with Gasteiger partial charge in [0.05, 0.1) is 26.5 Å². The molecule has 1 unspecified atom stereocenters. The van der Waals surface area contributed by atoms with Gasteiger partial charge in [-0.2, -0.15) is 0 Å². The summed E-state index contributed by atoms with van der Waals surface area (Å²) in [5.41, 5.74) is 0.974. The smallest absolute Gasteiger partial charge is 0.328 e. The van der Waals surface area contributed by atoms with E-state index in [9.17, 15) is 14.4 Å². The first-order chi connectivity index (χ1) is 10.1. The summed E-state index contributed by atoms with van der Waals surface area (Å²) in [5.74, 6) is -0.965. The predicted octanol–water partition coefficient (Wildman–Crippen LogP) is 1.11. The van der Waals surface area contributed by atoms with E-state index in [1.54, 1.807) is 12.1 Å². The van der Waals surface area contributed by atoms with Crippen molar-refractivity contribution in [1.82, 2.24) is 4.57 Å². The van der Waals surface area contributed by atoms with Crippen LogP contribution < -0.4 is 0 Å². The van der Waals surface area contributed by atoms with Gasteiger partial charge in [0.15, 0.2) is 6.29 Å². The molecule has 1 aromatic heterocycles. The Morgan fingerprint density at radius 1 is 1.24 bits per heavy atom.